The molecule has 0 aliphatic rings. The van der Waals surface area contributed by atoms with Crippen molar-refractivity contribution in [1.82, 2.24) is 9.88 Å². The van der Waals surface area contributed by atoms with E-state index in [9.17, 15) is 32.7 Å². The van der Waals surface area contributed by atoms with Gasteiger partial charge in [0.05, 0.1) is 0 Å². The summed E-state index contributed by atoms with van der Waals surface area (Å²) in [6.45, 7) is 3.10. The molecule has 0 radical (unpaired) electrons. The molecule has 2 N–H and O–H groups in total. The molecule has 0 saturated carbocycles. The number of rotatable bonds is 8. The quantitative estimate of drug-likeness (QED) is 0.653. The van der Waals surface area contributed by atoms with Crippen molar-refractivity contribution in [2.75, 3.05) is 0 Å². The van der Waals surface area contributed by atoms with Gasteiger partial charge in [-0.15, -0.1) is 0 Å². The number of aldehydes is 1. The zero-order chi connectivity index (χ0) is 21.7. The molecule has 2 rings (SSSR count). The lowest BCUT2D eigenvalue weighted by atomic mass is 10.1. The number of hydrogen-bond acceptors (Lipinski definition) is 4. The summed E-state index contributed by atoms with van der Waals surface area (Å²) in [5.74, 6) is -5.36. The fourth-order valence-corrected chi connectivity index (χ4v) is 2.92. The van der Waals surface area contributed by atoms with Crippen molar-refractivity contribution >= 4 is 12.2 Å². The average Bonchev–Trinajstić information content (AvgIpc) is 2.66. The highest BCUT2D eigenvalue weighted by Gasteiger charge is 2.22. The summed E-state index contributed by atoms with van der Waals surface area (Å²) in [6.07, 6.45) is 3.79. The van der Waals surface area contributed by atoms with Crippen LogP contribution in [0.25, 0.3) is 0 Å². The van der Waals surface area contributed by atoms with Crippen LogP contribution in [-0.2, 0) is 6.54 Å². The molecule has 0 aliphatic heterocycles. The third-order valence-corrected chi connectivity index (χ3v) is 4.59. The van der Waals surface area contributed by atoms with Crippen LogP contribution in [0.3, 0.4) is 0 Å². The predicted molar refractivity (Wildman–Crippen MR) is 99.5 cm³/mol. The molecular weight excluding hydrogens is 389 g/mol. The van der Waals surface area contributed by atoms with E-state index in [1.54, 1.807) is 6.92 Å². The number of amides is 1. The zero-order valence-corrected chi connectivity index (χ0v) is 16.0. The van der Waals surface area contributed by atoms with Gasteiger partial charge in [0.2, 0.25) is 5.43 Å². The molecule has 0 fully saturated rings. The number of nitrogens with one attached hydrogen (secondary N) is 1. The second kappa shape index (κ2) is 9.40. The van der Waals surface area contributed by atoms with E-state index in [2.05, 4.69) is 5.32 Å². The van der Waals surface area contributed by atoms with Crippen LogP contribution in [-0.4, -0.2) is 21.9 Å². The van der Waals surface area contributed by atoms with Crippen molar-refractivity contribution in [3.8, 4) is 5.75 Å². The van der Waals surface area contributed by atoms with Gasteiger partial charge >= 0.3 is 0 Å². The molecule has 1 aromatic heterocycles. The Labute approximate surface area is 165 Å². The van der Waals surface area contributed by atoms with Crippen LogP contribution < -0.4 is 10.7 Å². The molecule has 0 aliphatic carbocycles. The lowest BCUT2D eigenvalue weighted by Gasteiger charge is -2.20. The number of pyridine rings is 1. The monoisotopic (exact) mass is 410 g/mol. The molecule has 1 amide bonds. The Hall–Kier alpha value is -3.10. The van der Waals surface area contributed by atoms with Crippen LogP contribution in [0.2, 0.25) is 0 Å². The first kappa shape index (κ1) is 22.2. The number of hydrogen-bond donors (Lipinski definition) is 2. The smallest absolute Gasteiger partial charge is 0.257 e. The summed E-state index contributed by atoms with van der Waals surface area (Å²) in [6, 6.07) is 0.648. The highest BCUT2D eigenvalue weighted by atomic mass is 19.1. The largest absolute Gasteiger partial charge is 0.503 e. The van der Waals surface area contributed by atoms with Crippen molar-refractivity contribution in [2.45, 2.75) is 45.7 Å². The summed E-state index contributed by atoms with van der Waals surface area (Å²) in [7, 11) is 0. The average molecular weight is 410 g/mol. The van der Waals surface area contributed by atoms with Crippen molar-refractivity contribution in [3.63, 3.8) is 0 Å². The highest BCUT2D eigenvalue weighted by Crippen LogP contribution is 2.21. The number of nitrogens with zero attached hydrogens (tertiary/aromatic N) is 1. The second-order valence-corrected chi connectivity index (χ2v) is 6.65. The fourth-order valence-electron chi connectivity index (χ4n) is 2.92. The summed E-state index contributed by atoms with van der Waals surface area (Å²) in [4.78, 5) is 36.1. The number of unbranched alkanes of at least 4 members (excludes halogenated alkanes) is 1. The van der Waals surface area contributed by atoms with Crippen LogP contribution in [0.5, 0.6) is 5.75 Å². The molecule has 0 unspecified atom stereocenters. The van der Waals surface area contributed by atoms with E-state index in [1.165, 1.54) is 4.57 Å². The minimum Gasteiger partial charge on any atom is -0.503 e. The van der Waals surface area contributed by atoms with Gasteiger partial charge in [-0.3, -0.25) is 14.4 Å². The van der Waals surface area contributed by atoms with Crippen molar-refractivity contribution in [2.24, 2.45) is 0 Å². The molecule has 1 heterocycles. The van der Waals surface area contributed by atoms with Crippen molar-refractivity contribution < 1.29 is 27.9 Å². The SMILES string of the molecule is CCCC[C@H](C)n1cc(C(=O)NCc2c(F)cc(F)cc2F)c(=O)c(O)c1C=O. The third-order valence-electron chi connectivity index (χ3n) is 4.59. The van der Waals surface area contributed by atoms with Gasteiger partial charge in [-0.05, 0) is 13.3 Å². The molecule has 0 bridgehead atoms. The van der Waals surface area contributed by atoms with Crippen LogP contribution in [0.4, 0.5) is 13.2 Å². The van der Waals surface area contributed by atoms with Crippen molar-refractivity contribution in [1.29, 1.82) is 0 Å². The Morgan fingerprint density at radius 2 is 1.90 bits per heavy atom. The Balaban J connectivity index is 2.36. The summed E-state index contributed by atoms with van der Waals surface area (Å²) in [5, 5.41) is 12.3. The summed E-state index contributed by atoms with van der Waals surface area (Å²) in [5.41, 5.74) is -2.40. The Kier molecular flexibility index (Phi) is 7.19. The Bertz CT molecular complexity index is 965. The van der Waals surface area contributed by atoms with Gasteiger partial charge in [0.25, 0.3) is 5.91 Å². The second-order valence-electron chi connectivity index (χ2n) is 6.65. The third kappa shape index (κ3) is 4.85. The minimum atomic E-state index is -1.19. The van der Waals surface area contributed by atoms with Crippen molar-refractivity contribution in [3.05, 3.63) is 62.8 Å². The van der Waals surface area contributed by atoms with E-state index in [0.717, 1.165) is 19.0 Å². The molecule has 2 aromatic rings. The molecule has 1 aromatic carbocycles. The van der Waals surface area contributed by atoms with E-state index in [-0.39, 0.29) is 11.7 Å². The Morgan fingerprint density at radius 1 is 1.28 bits per heavy atom. The van der Waals surface area contributed by atoms with E-state index in [4.69, 9.17) is 0 Å². The molecule has 29 heavy (non-hydrogen) atoms. The lowest BCUT2D eigenvalue weighted by molar-refractivity contribution is 0.0946. The maximum absolute atomic E-state index is 13.7. The lowest BCUT2D eigenvalue weighted by Crippen LogP contribution is -2.31. The maximum atomic E-state index is 13.7. The topological polar surface area (TPSA) is 88.4 Å². The number of benzene rings is 1. The maximum Gasteiger partial charge on any atom is 0.257 e. The van der Waals surface area contributed by atoms with Gasteiger partial charge in [-0.25, -0.2) is 13.2 Å². The van der Waals surface area contributed by atoms with Crippen LogP contribution in [0.1, 0.15) is 65.6 Å². The molecule has 0 saturated heterocycles. The van der Waals surface area contributed by atoms with Gasteiger partial charge in [0.15, 0.2) is 12.0 Å². The first-order valence-electron chi connectivity index (χ1n) is 9.06. The number of aromatic nitrogens is 1. The van der Waals surface area contributed by atoms with Gasteiger partial charge < -0.3 is 15.0 Å². The van der Waals surface area contributed by atoms with E-state index in [0.29, 0.717) is 24.8 Å². The molecule has 1 atom stereocenters. The number of aromatic hydroxyl groups is 1. The van der Waals surface area contributed by atoms with Gasteiger partial charge in [-0.2, -0.15) is 0 Å². The molecule has 6 nitrogen and oxygen atoms in total. The Morgan fingerprint density at radius 3 is 2.45 bits per heavy atom. The first-order chi connectivity index (χ1) is 13.7. The minimum absolute atomic E-state index is 0.259. The van der Waals surface area contributed by atoms with E-state index < -0.39 is 52.2 Å². The molecule has 156 valence electrons. The first-order valence-corrected chi connectivity index (χ1v) is 9.06. The highest BCUT2D eigenvalue weighted by molar-refractivity contribution is 5.95. The van der Waals surface area contributed by atoms with E-state index >= 15 is 0 Å². The van der Waals surface area contributed by atoms with Gasteiger partial charge in [0, 0.05) is 36.5 Å². The number of carbonyl (C=O) groups is 2. The van der Waals surface area contributed by atoms with Crippen LogP contribution in [0.15, 0.2) is 23.1 Å². The predicted octanol–water partition coefficient (Wildman–Crippen LogP) is 3.46. The van der Waals surface area contributed by atoms with Crippen LogP contribution >= 0.6 is 0 Å². The fraction of sp³-hybridized carbons (Fsp3) is 0.350. The summed E-state index contributed by atoms with van der Waals surface area (Å²) >= 11 is 0. The number of carbonyl (C=O) groups excluding carboxylic acids is 2. The molecule has 0 spiro atoms. The normalized spacial score (nSPS) is 11.9. The molecular formula is C20H21F3N2O4. The standard InChI is InChI=1S/C20H21F3N2O4/c1-3-4-5-11(2)25-9-14(18(27)19(28)17(25)10-26)20(29)24-8-13-15(22)6-12(21)7-16(13)23/h6-7,9-11,28H,3-5,8H2,1-2H3,(H,24,29)/t11-/m0/s1. The molecule has 9 heteroatoms. The zero-order valence-electron chi connectivity index (χ0n) is 16.0. The van der Waals surface area contributed by atoms with E-state index in [1.807, 2.05) is 6.92 Å². The van der Waals surface area contributed by atoms with Crippen LogP contribution in [0, 0.1) is 17.5 Å². The number of halogens is 3. The van der Waals surface area contributed by atoms with Gasteiger partial charge in [0.1, 0.15) is 28.7 Å². The van der Waals surface area contributed by atoms with Gasteiger partial charge in [-0.1, -0.05) is 19.8 Å². The summed E-state index contributed by atoms with van der Waals surface area (Å²) < 4.78 is 41.7.